The minimum Gasteiger partial charge on any atom is -0.228 e. The van der Waals surface area contributed by atoms with Crippen LogP contribution in [-0.4, -0.2) is 9.97 Å². The molecule has 0 amide bonds. The van der Waals surface area contributed by atoms with Gasteiger partial charge in [-0.25, -0.2) is 9.97 Å². The van der Waals surface area contributed by atoms with Crippen molar-refractivity contribution < 1.29 is 0 Å². The molecule has 0 saturated carbocycles. The molecule has 2 aliphatic carbocycles. The number of rotatable bonds is 4. The van der Waals surface area contributed by atoms with E-state index >= 15 is 0 Å². The van der Waals surface area contributed by atoms with Gasteiger partial charge in [0.2, 0.25) is 0 Å². The lowest BCUT2D eigenvalue weighted by Crippen LogP contribution is -2.16. The Morgan fingerprint density at radius 3 is 1.68 bits per heavy atom. The van der Waals surface area contributed by atoms with Gasteiger partial charge in [-0.15, -0.1) is 0 Å². The molecule has 1 aromatic heterocycles. The van der Waals surface area contributed by atoms with Crippen molar-refractivity contribution in [2.24, 2.45) is 0 Å². The number of hydrogen-bond donors (Lipinski definition) is 0. The maximum atomic E-state index is 5.35. The zero-order valence-electron chi connectivity index (χ0n) is 32.1. The molecule has 2 nitrogen and oxygen atoms in total. The van der Waals surface area contributed by atoms with Gasteiger partial charge in [0.05, 0.1) is 11.4 Å². The fraction of sp³-hybridized carbons (Fsp3) is 0.111. The zero-order valence-corrected chi connectivity index (χ0v) is 32.1. The Bertz CT molecular complexity index is 3080. The summed E-state index contributed by atoms with van der Waals surface area (Å²) in [5.41, 5.74) is 18.0. The summed E-state index contributed by atoms with van der Waals surface area (Å²) in [5, 5.41) is 4.99. The van der Waals surface area contributed by atoms with Crippen molar-refractivity contribution in [1.82, 2.24) is 9.97 Å². The third kappa shape index (κ3) is 4.62. The summed E-state index contributed by atoms with van der Waals surface area (Å²) in [7, 11) is 0. The largest absolute Gasteiger partial charge is 0.228 e. The van der Waals surface area contributed by atoms with E-state index in [0.717, 1.165) is 33.9 Å². The number of benzene rings is 8. The Labute approximate surface area is 328 Å². The Morgan fingerprint density at radius 2 is 0.893 bits per heavy atom. The number of nitrogens with zero attached hydrogens (tertiary/aromatic N) is 2. The highest BCUT2D eigenvalue weighted by Crippen LogP contribution is 2.55. The molecule has 2 heteroatoms. The van der Waals surface area contributed by atoms with E-state index in [4.69, 9.17) is 9.97 Å². The molecule has 0 atom stereocenters. The summed E-state index contributed by atoms with van der Waals surface area (Å²) in [6.45, 7) is 9.47. The quantitative estimate of drug-likeness (QED) is 0.181. The average Bonchev–Trinajstić information content (AvgIpc) is 3.63. The van der Waals surface area contributed by atoms with Gasteiger partial charge in [0.25, 0.3) is 0 Å². The van der Waals surface area contributed by atoms with Crippen molar-refractivity contribution in [1.29, 1.82) is 0 Å². The van der Waals surface area contributed by atoms with Crippen molar-refractivity contribution in [3.8, 4) is 67.3 Å². The molecule has 0 unspecified atom stereocenters. The second kappa shape index (κ2) is 11.9. The van der Waals surface area contributed by atoms with Crippen LogP contribution in [0.5, 0.6) is 0 Å². The molecule has 0 radical (unpaired) electrons. The predicted octanol–water partition coefficient (Wildman–Crippen LogP) is 14.1. The van der Waals surface area contributed by atoms with E-state index in [2.05, 4.69) is 191 Å². The van der Waals surface area contributed by atoms with Crippen LogP contribution in [0.4, 0.5) is 0 Å². The summed E-state index contributed by atoms with van der Waals surface area (Å²) < 4.78 is 0. The van der Waals surface area contributed by atoms with Gasteiger partial charge in [-0.05, 0) is 83.2 Å². The van der Waals surface area contributed by atoms with E-state index in [1.807, 2.05) is 6.07 Å². The lowest BCUT2D eigenvalue weighted by atomic mass is 9.78. The molecule has 0 spiro atoms. The highest BCUT2D eigenvalue weighted by atomic mass is 14.9. The highest BCUT2D eigenvalue weighted by Gasteiger charge is 2.39. The third-order valence-corrected chi connectivity index (χ3v) is 12.7. The maximum Gasteiger partial charge on any atom is 0.160 e. The molecule has 266 valence electrons. The van der Waals surface area contributed by atoms with Crippen molar-refractivity contribution in [3.63, 3.8) is 0 Å². The second-order valence-corrected chi connectivity index (χ2v) is 16.5. The normalized spacial score (nSPS) is 14.4. The standard InChI is InChI=1S/C54H40N2/c1-53(2)45-27-13-12-22-39(45)42-24-14-25-43(50(42)53)48-32-47(55-52(56-48)34-17-6-5-7-18-34)40-30-29-38(36-20-10-11-21-37(36)40)41-23-15-26-44-49-35-19-9-8-16-33(35)28-31-46(49)54(3,4)51(41)44/h5-32H,1-4H3. The van der Waals surface area contributed by atoms with E-state index in [-0.39, 0.29) is 10.8 Å². The third-order valence-electron chi connectivity index (χ3n) is 12.7. The molecular weight excluding hydrogens is 677 g/mol. The van der Waals surface area contributed by atoms with Crippen LogP contribution in [0, 0.1) is 0 Å². The van der Waals surface area contributed by atoms with E-state index in [1.165, 1.54) is 77.2 Å². The molecular formula is C54H40N2. The van der Waals surface area contributed by atoms with Gasteiger partial charge < -0.3 is 0 Å². The van der Waals surface area contributed by atoms with Crippen LogP contribution >= 0.6 is 0 Å². The summed E-state index contributed by atoms with van der Waals surface area (Å²) in [5.74, 6) is 0.727. The Hall–Kier alpha value is -6.64. The van der Waals surface area contributed by atoms with Crippen molar-refractivity contribution >= 4 is 21.5 Å². The first-order valence-electron chi connectivity index (χ1n) is 19.7. The van der Waals surface area contributed by atoms with Gasteiger partial charge >= 0.3 is 0 Å². The molecule has 8 aromatic carbocycles. The molecule has 2 aliphatic rings. The van der Waals surface area contributed by atoms with E-state index in [1.54, 1.807) is 0 Å². The van der Waals surface area contributed by atoms with Crippen molar-refractivity contribution in [2.75, 3.05) is 0 Å². The zero-order chi connectivity index (χ0) is 37.8. The van der Waals surface area contributed by atoms with Crippen molar-refractivity contribution in [3.05, 3.63) is 192 Å². The lowest BCUT2D eigenvalue weighted by molar-refractivity contribution is 0.661. The van der Waals surface area contributed by atoms with E-state index in [9.17, 15) is 0 Å². The van der Waals surface area contributed by atoms with Crippen LogP contribution in [-0.2, 0) is 10.8 Å². The smallest absolute Gasteiger partial charge is 0.160 e. The highest BCUT2D eigenvalue weighted by molar-refractivity contribution is 6.09. The van der Waals surface area contributed by atoms with Crippen LogP contribution < -0.4 is 0 Å². The van der Waals surface area contributed by atoms with Gasteiger partial charge in [0.1, 0.15) is 0 Å². The Balaban J connectivity index is 1.13. The van der Waals surface area contributed by atoms with E-state index in [0.29, 0.717) is 0 Å². The lowest BCUT2D eigenvalue weighted by Gasteiger charge is -2.25. The summed E-state index contributed by atoms with van der Waals surface area (Å²) in [4.78, 5) is 10.7. The van der Waals surface area contributed by atoms with Gasteiger partial charge in [0, 0.05) is 27.5 Å². The summed E-state index contributed by atoms with van der Waals surface area (Å²) in [6.07, 6.45) is 0. The first kappa shape index (κ1) is 32.8. The van der Waals surface area contributed by atoms with Crippen LogP contribution in [0.3, 0.4) is 0 Å². The fourth-order valence-corrected chi connectivity index (χ4v) is 10.1. The van der Waals surface area contributed by atoms with Crippen LogP contribution in [0.15, 0.2) is 170 Å². The SMILES string of the molecule is CC1(C)c2ccccc2-c2cccc(-c3cc(-c4ccc(-c5cccc6c5C(C)(C)c5ccc7ccccc7c5-6)c5ccccc45)nc(-c4ccccc4)n3)c21. The minimum absolute atomic E-state index is 0.166. The molecule has 11 rings (SSSR count). The molecule has 0 bridgehead atoms. The van der Waals surface area contributed by atoms with Gasteiger partial charge in [-0.3, -0.25) is 0 Å². The van der Waals surface area contributed by atoms with Gasteiger partial charge in [-0.1, -0.05) is 191 Å². The molecule has 0 saturated heterocycles. The fourth-order valence-electron chi connectivity index (χ4n) is 10.1. The first-order valence-corrected chi connectivity index (χ1v) is 19.7. The number of hydrogen-bond acceptors (Lipinski definition) is 2. The van der Waals surface area contributed by atoms with Crippen LogP contribution in [0.1, 0.15) is 49.9 Å². The number of fused-ring (bicyclic) bond motifs is 9. The molecule has 0 N–H and O–H groups in total. The van der Waals surface area contributed by atoms with Crippen LogP contribution in [0.2, 0.25) is 0 Å². The molecule has 0 aliphatic heterocycles. The predicted molar refractivity (Wildman–Crippen MR) is 234 cm³/mol. The second-order valence-electron chi connectivity index (χ2n) is 16.5. The van der Waals surface area contributed by atoms with E-state index < -0.39 is 0 Å². The van der Waals surface area contributed by atoms with Gasteiger partial charge in [-0.2, -0.15) is 0 Å². The summed E-state index contributed by atoms with van der Waals surface area (Å²) in [6, 6.07) is 61.9. The van der Waals surface area contributed by atoms with Crippen LogP contribution in [0.25, 0.3) is 88.8 Å². The molecule has 1 heterocycles. The molecule has 56 heavy (non-hydrogen) atoms. The first-order chi connectivity index (χ1) is 27.3. The summed E-state index contributed by atoms with van der Waals surface area (Å²) >= 11 is 0. The van der Waals surface area contributed by atoms with Crippen molar-refractivity contribution in [2.45, 2.75) is 38.5 Å². The molecule has 9 aromatic rings. The minimum atomic E-state index is -0.176. The average molecular weight is 717 g/mol. The number of aromatic nitrogens is 2. The Morgan fingerprint density at radius 1 is 0.357 bits per heavy atom. The maximum absolute atomic E-state index is 5.35. The topological polar surface area (TPSA) is 25.8 Å². The Kier molecular flexibility index (Phi) is 6.98. The monoisotopic (exact) mass is 716 g/mol. The van der Waals surface area contributed by atoms with Gasteiger partial charge in [0.15, 0.2) is 5.82 Å². The molecule has 0 fully saturated rings.